The topological polar surface area (TPSA) is 124 Å². The van der Waals surface area contributed by atoms with E-state index in [1.165, 1.54) is 29.3 Å². The van der Waals surface area contributed by atoms with Crippen LogP contribution in [0, 0.1) is 0 Å². The van der Waals surface area contributed by atoms with E-state index in [0.717, 1.165) is 0 Å². The van der Waals surface area contributed by atoms with E-state index < -0.39 is 23.4 Å². The minimum absolute atomic E-state index is 0.0197. The summed E-state index contributed by atoms with van der Waals surface area (Å²) < 4.78 is 42.5. The molecule has 0 aliphatic heterocycles. The number of rotatable bonds is 7. The number of carbonyl (C=O) groups is 1. The van der Waals surface area contributed by atoms with E-state index in [0.29, 0.717) is 41.2 Å². The number of aryl methyl sites for hydroxylation is 2. The van der Waals surface area contributed by atoms with Crippen LogP contribution in [0.2, 0.25) is 5.02 Å². The lowest BCUT2D eigenvalue weighted by atomic mass is 10.1. The number of nitrogens with zero attached hydrogens (tertiary/aromatic N) is 6. The van der Waals surface area contributed by atoms with Crippen molar-refractivity contribution >= 4 is 45.4 Å². The number of nitrogens with two attached hydrogens (primary N) is 1. The largest absolute Gasteiger partial charge is 0.434 e. The Kier molecular flexibility index (Phi) is 7.72. The molecule has 3 aromatic heterocycles. The molecule has 3 N–H and O–H groups in total. The van der Waals surface area contributed by atoms with E-state index in [2.05, 4.69) is 30.5 Å². The number of nitrogens with one attached hydrogen (secondary N) is 1. The molecule has 0 fully saturated rings. The van der Waals surface area contributed by atoms with E-state index in [-0.39, 0.29) is 22.2 Å². The van der Waals surface area contributed by atoms with Crippen LogP contribution in [0.3, 0.4) is 0 Å². The Balaban J connectivity index is 1.67. The third-order valence-corrected chi connectivity index (χ3v) is 5.82. The molecule has 196 valence electrons. The summed E-state index contributed by atoms with van der Waals surface area (Å²) in [6.07, 6.45) is 1.08. The predicted octanol–water partition coefficient (Wildman–Crippen LogP) is 5.10. The summed E-state index contributed by atoms with van der Waals surface area (Å²) in [5, 5.41) is 11.8. The lowest BCUT2D eigenvalue weighted by Gasteiger charge is -2.15. The Morgan fingerprint density at radius 1 is 1.16 bits per heavy atom. The van der Waals surface area contributed by atoms with Crippen LogP contribution < -0.4 is 11.1 Å². The fourth-order valence-electron chi connectivity index (χ4n) is 3.69. The first-order chi connectivity index (χ1) is 18.2. The normalized spacial score (nSPS) is 12.7. The maximum absolute atomic E-state index is 14.2. The van der Waals surface area contributed by atoms with Gasteiger partial charge in [0, 0.05) is 28.9 Å². The minimum atomic E-state index is -4.99. The zero-order chi connectivity index (χ0) is 27.4. The van der Waals surface area contributed by atoms with Crippen LogP contribution >= 0.6 is 11.6 Å². The van der Waals surface area contributed by atoms with Crippen molar-refractivity contribution in [1.29, 1.82) is 0 Å². The van der Waals surface area contributed by atoms with Gasteiger partial charge in [0.25, 0.3) is 5.91 Å². The molecule has 0 aliphatic rings. The summed E-state index contributed by atoms with van der Waals surface area (Å²) in [6.45, 7) is 3.79. The second-order valence-corrected chi connectivity index (χ2v) is 8.39. The number of alkyl halides is 3. The van der Waals surface area contributed by atoms with E-state index in [9.17, 15) is 18.0 Å². The average Bonchev–Trinajstić information content (AvgIpc) is 3.37. The van der Waals surface area contributed by atoms with Gasteiger partial charge >= 0.3 is 6.18 Å². The van der Waals surface area contributed by atoms with Gasteiger partial charge in [-0.3, -0.25) is 9.78 Å². The molecule has 3 heterocycles. The highest BCUT2D eigenvalue weighted by atomic mass is 35.5. The number of aliphatic imine (C=N–C) groups is 1. The lowest BCUT2D eigenvalue weighted by molar-refractivity contribution is -0.113. The number of fused-ring (bicyclic) bond motifs is 1. The highest BCUT2D eigenvalue weighted by Crippen LogP contribution is 2.32. The molecular weight excluding hydrogens is 521 g/mol. The summed E-state index contributed by atoms with van der Waals surface area (Å²) in [4.78, 5) is 26.4. The van der Waals surface area contributed by atoms with Gasteiger partial charge in [0.05, 0.1) is 40.1 Å². The number of amides is 1. The molecule has 38 heavy (non-hydrogen) atoms. The lowest BCUT2D eigenvalue weighted by Crippen LogP contribution is -2.32. The molecule has 0 saturated heterocycles. The van der Waals surface area contributed by atoms with E-state index in [1.54, 1.807) is 24.4 Å². The monoisotopic (exact) mass is 542 g/mol. The van der Waals surface area contributed by atoms with Crippen molar-refractivity contribution in [3.05, 3.63) is 77.1 Å². The average molecular weight is 543 g/mol. The molecule has 1 aromatic carbocycles. The maximum Gasteiger partial charge on any atom is 0.434 e. The first-order valence-corrected chi connectivity index (χ1v) is 11.9. The van der Waals surface area contributed by atoms with Gasteiger partial charge in [-0.2, -0.15) is 23.4 Å². The number of halogens is 4. The van der Waals surface area contributed by atoms with Crippen molar-refractivity contribution in [2.45, 2.75) is 32.9 Å². The van der Waals surface area contributed by atoms with Crippen LogP contribution in [0.1, 0.15) is 25.2 Å². The van der Waals surface area contributed by atoms with Gasteiger partial charge in [0.1, 0.15) is 0 Å². The molecule has 0 saturated carbocycles. The van der Waals surface area contributed by atoms with Crippen LogP contribution in [0.4, 0.5) is 24.5 Å². The van der Waals surface area contributed by atoms with E-state index in [1.807, 2.05) is 13.8 Å². The number of carbonyl (C=O) groups excluding carboxylic acids is 1. The molecule has 4 aromatic rings. The summed E-state index contributed by atoms with van der Waals surface area (Å²) in [7, 11) is 0. The number of hydrogen-bond acceptors (Lipinski definition) is 7. The van der Waals surface area contributed by atoms with Gasteiger partial charge in [-0.05, 0) is 31.0 Å². The van der Waals surface area contributed by atoms with Gasteiger partial charge < -0.3 is 11.1 Å². The minimum Gasteiger partial charge on any atom is -0.404 e. The van der Waals surface area contributed by atoms with Crippen molar-refractivity contribution in [2.24, 2.45) is 10.7 Å². The van der Waals surface area contributed by atoms with Crippen molar-refractivity contribution in [1.82, 2.24) is 25.0 Å². The zero-order valence-electron chi connectivity index (χ0n) is 20.3. The number of pyridine rings is 2. The first kappa shape index (κ1) is 26.7. The first-order valence-electron chi connectivity index (χ1n) is 11.5. The van der Waals surface area contributed by atoms with E-state index in [4.69, 9.17) is 17.3 Å². The fraction of sp³-hybridized carbons (Fsp3) is 0.200. The highest BCUT2D eigenvalue weighted by molar-refractivity contribution is 6.32. The number of benzene rings is 1. The van der Waals surface area contributed by atoms with Crippen molar-refractivity contribution in [3.63, 3.8) is 0 Å². The molecule has 0 bridgehead atoms. The second-order valence-electron chi connectivity index (χ2n) is 7.98. The van der Waals surface area contributed by atoms with Crippen LogP contribution in [0.15, 0.2) is 65.7 Å². The number of aromatic nitrogens is 5. The number of anilines is 1. The molecule has 4 rings (SSSR count). The third kappa shape index (κ3) is 5.49. The molecular formula is C25H22ClF3N8O. The van der Waals surface area contributed by atoms with Crippen molar-refractivity contribution in [2.75, 3.05) is 5.32 Å². The van der Waals surface area contributed by atoms with Gasteiger partial charge in [-0.25, -0.2) is 9.98 Å². The number of hydrogen-bond donors (Lipinski definition) is 2. The second kappa shape index (κ2) is 11.0. The Hall–Kier alpha value is -4.32. The van der Waals surface area contributed by atoms with Gasteiger partial charge in [0.2, 0.25) is 0 Å². The summed E-state index contributed by atoms with van der Waals surface area (Å²) in [6, 6.07) is 7.64. The van der Waals surface area contributed by atoms with E-state index >= 15 is 0 Å². The van der Waals surface area contributed by atoms with Gasteiger partial charge in [-0.1, -0.05) is 37.6 Å². The summed E-state index contributed by atoms with van der Waals surface area (Å²) in [5.74, 6) is -0.954. The standard InChI is InChI=1S/C25H22ClF3N8O/c1-3-14-13-33-37(36-14)23-19(26)10-15(12-32-23)34-24(38)18(11-30)22(25(27,28)29)35-21-7-5-6-16-17(21)8-9-31-20(16)4-2/h5-13H,3-4,30H2,1-2H3,(H,34,38). The molecule has 13 heteroatoms. The quantitative estimate of drug-likeness (QED) is 0.247. The maximum atomic E-state index is 14.2. The Labute approximate surface area is 220 Å². The molecule has 0 radical (unpaired) electrons. The SMILES string of the molecule is CCc1cnn(-c2ncc(NC(=O)C(=CN)C(=Nc3cccc4c(CC)nccc34)C(F)(F)F)cc2Cl)n1. The fourth-order valence-corrected chi connectivity index (χ4v) is 3.93. The molecule has 0 atom stereocenters. The van der Waals surface area contributed by atoms with Gasteiger partial charge in [0.15, 0.2) is 11.5 Å². The predicted molar refractivity (Wildman–Crippen MR) is 139 cm³/mol. The smallest absolute Gasteiger partial charge is 0.404 e. The van der Waals surface area contributed by atoms with Crippen LogP contribution in [-0.2, 0) is 17.6 Å². The van der Waals surface area contributed by atoms with Gasteiger partial charge in [-0.15, -0.1) is 4.80 Å². The highest BCUT2D eigenvalue weighted by Gasteiger charge is 2.40. The van der Waals surface area contributed by atoms with Crippen LogP contribution in [0.5, 0.6) is 0 Å². The Bertz CT molecular complexity index is 1560. The molecule has 0 unspecified atom stereocenters. The molecule has 0 spiro atoms. The summed E-state index contributed by atoms with van der Waals surface area (Å²) >= 11 is 6.27. The molecule has 1 amide bonds. The van der Waals surface area contributed by atoms with Crippen LogP contribution in [-0.4, -0.2) is 42.8 Å². The summed E-state index contributed by atoms with van der Waals surface area (Å²) in [5.41, 5.74) is 4.66. The Morgan fingerprint density at radius 2 is 1.95 bits per heavy atom. The Morgan fingerprint density at radius 3 is 2.58 bits per heavy atom. The molecule has 0 aliphatic carbocycles. The molecule has 9 nitrogen and oxygen atoms in total. The zero-order valence-corrected chi connectivity index (χ0v) is 21.0. The van der Waals surface area contributed by atoms with Crippen LogP contribution in [0.25, 0.3) is 16.6 Å². The van der Waals surface area contributed by atoms with Crippen molar-refractivity contribution < 1.29 is 18.0 Å². The third-order valence-electron chi connectivity index (χ3n) is 5.54. The van der Waals surface area contributed by atoms with Crippen molar-refractivity contribution in [3.8, 4) is 5.82 Å².